The summed E-state index contributed by atoms with van der Waals surface area (Å²) in [6.07, 6.45) is 0. The summed E-state index contributed by atoms with van der Waals surface area (Å²) >= 11 is 0. The number of halogens is 1. The van der Waals surface area contributed by atoms with Gasteiger partial charge in [0.1, 0.15) is 5.82 Å². The third kappa shape index (κ3) is 4.39. The van der Waals surface area contributed by atoms with E-state index in [0.717, 1.165) is 11.1 Å². The number of aliphatic carboxylic acids is 1. The summed E-state index contributed by atoms with van der Waals surface area (Å²) in [7, 11) is 1.86. The quantitative estimate of drug-likeness (QED) is 0.887. The number of hydrogen-bond acceptors (Lipinski definition) is 2. The van der Waals surface area contributed by atoms with Crippen LogP contribution in [0.3, 0.4) is 0 Å². The highest BCUT2D eigenvalue weighted by Gasteiger charge is 2.21. The summed E-state index contributed by atoms with van der Waals surface area (Å²) in [6, 6.07) is 15.4. The Labute approximate surface area is 123 Å². The van der Waals surface area contributed by atoms with Gasteiger partial charge in [0.25, 0.3) is 0 Å². The highest BCUT2D eigenvalue weighted by atomic mass is 19.1. The second-order valence-corrected chi connectivity index (χ2v) is 5.12. The summed E-state index contributed by atoms with van der Waals surface area (Å²) in [5.41, 5.74) is 1.74. The zero-order valence-electron chi connectivity index (χ0n) is 11.9. The highest BCUT2D eigenvalue weighted by Crippen LogP contribution is 2.18. The van der Waals surface area contributed by atoms with Crippen molar-refractivity contribution in [2.75, 3.05) is 13.6 Å². The van der Waals surface area contributed by atoms with E-state index in [9.17, 15) is 14.3 Å². The number of rotatable bonds is 6. The lowest BCUT2D eigenvalue weighted by molar-refractivity contribution is -0.139. The van der Waals surface area contributed by atoms with E-state index >= 15 is 0 Å². The molecule has 0 saturated carbocycles. The van der Waals surface area contributed by atoms with Crippen LogP contribution >= 0.6 is 0 Å². The number of carboxylic acids is 1. The molecule has 0 bridgehead atoms. The molecule has 0 heterocycles. The SMILES string of the molecule is CN(Cc1ccc(F)cc1)CC(C(=O)O)c1ccccc1. The summed E-state index contributed by atoms with van der Waals surface area (Å²) in [6.45, 7) is 0.980. The topological polar surface area (TPSA) is 40.5 Å². The summed E-state index contributed by atoms with van der Waals surface area (Å²) in [5.74, 6) is -1.68. The van der Waals surface area contributed by atoms with Crippen LogP contribution in [-0.2, 0) is 11.3 Å². The van der Waals surface area contributed by atoms with Crippen molar-refractivity contribution in [2.24, 2.45) is 0 Å². The van der Waals surface area contributed by atoms with Gasteiger partial charge < -0.3 is 10.0 Å². The Morgan fingerprint density at radius 3 is 2.33 bits per heavy atom. The zero-order valence-corrected chi connectivity index (χ0v) is 11.9. The number of carbonyl (C=O) groups is 1. The van der Waals surface area contributed by atoms with Crippen molar-refractivity contribution >= 4 is 5.97 Å². The van der Waals surface area contributed by atoms with Gasteiger partial charge in [0, 0.05) is 13.1 Å². The van der Waals surface area contributed by atoms with E-state index in [1.54, 1.807) is 12.1 Å². The Bertz CT molecular complexity index is 583. The summed E-state index contributed by atoms with van der Waals surface area (Å²) in [5, 5.41) is 9.40. The lowest BCUT2D eigenvalue weighted by Crippen LogP contribution is -2.28. The fourth-order valence-corrected chi connectivity index (χ4v) is 2.29. The molecule has 0 saturated heterocycles. The van der Waals surface area contributed by atoms with Crippen molar-refractivity contribution in [1.29, 1.82) is 0 Å². The van der Waals surface area contributed by atoms with Gasteiger partial charge in [0.2, 0.25) is 0 Å². The Morgan fingerprint density at radius 2 is 1.76 bits per heavy atom. The molecule has 2 rings (SSSR count). The molecule has 0 fully saturated rings. The van der Waals surface area contributed by atoms with E-state index in [4.69, 9.17) is 0 Å². The van der Waals surface area contributed by atoms with Crippen LogP contribution in [0.2, 0.25) is 0 Å². The molecule has 110 valence electrons. The Morgan fingerprint density at radius 1 is 1.14 bits per heavy atom. The zero-order chi connectivity index (χ0) is 15.2. The van der Waals surface area contributed by atoms with Crippen molar-refractivity contribution in [3.05, 3.63) is 71.5 Å². The van der Waals surface area contributed by atoms with Gasteiger partial charge in [-0.15, -0.1) is 0 Å². The minimum atomic E-state index is -0.841. The third-order valence-corrected chi connectivity index (χ3v) is 3.36. The molecular weight excluding hydrogens is 269 g/mol. The first-order chi connectivity index (χ1) is 10.1. The maximum atomic E-state index is 12.9. The van der Waals surface area contributed by atoms with Crippen molar-refractivity contribution < 1.29 is 14.3 Å². The lowest BCUT2D eigenvalue weighted by Gasteiger charge is -2.21. The number of hydrogen-bond donors (Lipinski definition) is 1. The molecule has 0 spiro atoms. The van der Waals surface area contributed by atoms with E-state index in [0.29, 0.717) is 13.1 Å². The average molecular weight is 287 g/mol. The highest BCUT2D eigenvalue weighted by molar-refractivity contribution is 5.76. The van der Waals surface area contributed by atoms with Crippen LogP contribution in [0, 0.1) is 5.82 Å². The normalized spacial score (nSPS) is 12.3. The molecule has 4 heteroatoms. The van der Waals surface area contributed by atoms with E-state index < -0.39 is 11.9 Å². The van der Waals surface area contributed by atoms with Crippen LogP contribution in [0.1, 0.15) is 17.0 Å². The minimum Gasteiger partial charge on any atom is -0.481 e. The van der Waals surface area contributed by atoms with Crippen LogP contribution in [0.4, 0.5) is 4.39 Å². The molecule has 0 aliphatic heterocycles. The molecule has 1 unspecified atom stereocenters. The minimum absolute atomic E-state index is 0.269. The number of likely N-dealkylation sites (N-methyl/N-ethyl adjacent to an activating group) is 1. The molecule has 0 amide bonds. The second-order valence-electron chi connectivity index (χ2n) is 5.12. The van der Waals surface area contributed by atoms with Crippen molar-refractivity contribution in [1.82, 2.24) is 4.90 Å². The molecule has 0 aromatic heterocycles. The lowest BCUT2D eigenvalue weighted by atomic mass is 9.98. The number of carboxylic acid groups (broad SMARTS) is 1. The van der Waals surface area contributed by atoms with Crippen molar-refractivity contribution in [3.8, 4) is 0 Å². The van der Waals surface area contributed by atoms with E-state index in [-0.39, 0.29) is 5.82 Å². The third-order valence-electron chi connectivity index (χ3n) is 3.36. The fraction of sp³-hybridized carbons (Fsp3) is 0.235. The van der Waals surface area contributed by atoms with Crippen LogP contribution in [0.15, 0.2) is 54.6 Å². The van der Waals surface area contributed by atoms with Crippen LogP contribution in [0.5, 0.6) is 0 Å². The van der Waals surface area contributed by atoms with Gasteiger partial charge in [-0.2, -0.15) is 0 Å². The Hall–Kier alpha value is -2.20. The maximum absolute atomic E-state index is 12.9. The van der Waals surface area contributed by atoms with Gasteiger partial charge in [0.05, 0.1) is 5.92 Å². The monoisotopic (exact) mass is 287 g/mol. The largest absolute Gasteiger partial charge is 0.481 e. The molecule has 0 aliphatic rings. The van der Waals surface area contributed by atoms with Crippen LogP contribution < -0.4 is 0 Å². The summed E-state index contributed by atoms with van der Waals surface area (Å²) < 4.78 is 12.9. The Kier molecular flexibility index (Phi) is 5.06. The molecule has 2 aromatic rings. The average Bonchev–Trinajstić information content (AvgIpc) is 2.48. The van der Waals surface area contributed by atoms with Crippen molar-refractivity contribution in [2.45, 2.75) is 12.5 Å². The van der Waals surface area contributed by atoms with Gasteiger partial charge >= 0.3 is 5.97 Å². The van der Waals surface area contributed by atoms with Crippen molar-refractivity contribution in [3.63, 3.8) is 0 Å². The predicted molar refractivity (Wildman–Crippen MR) is 79.6 cm³/mol. The van der Waals surface area contributed by atoms with Gasteiger partial charge in [-0.3, -0.25) is 4.79 Å². The smallest absolute Gasteiger partial charge is 0.312 e. The van der Waals surface area contributed by atoms with Crippen LogP contribution in [0.25, 0.3) is 0 Å². The number of nitrogens with zero attached hydrogens (tertiary/aromatic N) is 1. The molecule has 1 atom stereocenters. The van der Waals surface area contributed by atoms with Gasteiger partial charge in [-0.05, 0) is 30.3 Å². The first-order valence-corrected chi connectivity index (χ1v) is 6.77. The molecule has 21 heavy (non-hydrogen) atoms. The molecule has 2 aromatic carbocycles. The molecule has 0 aliphatic carbocycles. The molecule has 1 N–H and O–H groups in total. The number of benzene rings is 2. The van der Waals surface area contributed by atoms with E-state index in [1.165, 1.54) is 12.1 Å². The second kappa shape index (κ2) is 6.99. The fourth-order valence-electron chi connectivity index (χ4n) is 2.29. The van der Waals surface area contributed by atoms with Gasteiger partial charge in [-0.1, -0.05) is 42.5 Å². The molecule has 3 nitrogen and oxygen atoms in total. The Balaban J connectivity index is 2.03. The van der Waals surface area contributed by atoms with Crippen LogP contribution in [-0.4, -0.2) is 29.6 Å². The standard InChI is InChI=1S/C17H18FNO2/c1-19(11-13-7-9-15(18)10-8-13)12-16(17(20)21)14-5-3-2-4-6-14/h2-10,16H,11-12H2,1H3,(H,20,21). The van der Waals surface area contributed by atoms with Gasteiger partial charge in [-0.25, -0.2) is 4.39 Å². The maximum Gasteiger partial charge on any atom is 0.312 e. The van der Waals surface area contributed by atoms with E-state index in [1.807, 2.05) is 42.3 Å². The summed E-state index contributed by atoms with van der Waals surface area (Å²) in [4.78, 5) is 13.4. The van der Waals surface area contributed by atoms with Gasteiger partial charge in [0.15, 0.2) is 0 Å². The van der Waals surface area contributed by atoms with E-state index in [2.05, 4.69) is 0 Å². The molecular formula is C17H18FNO2. The molecule has 0 radical (unpaired) electrons. The first kappa shape index (κ1) is 15.2. The predicted octanol–water partition coefficient (Wildman–Crippen LogP) is 3.13. The first-order valence-electron chi connectivity index (χ1n) is 6.77.